The molecule has 4 rings (SSSR count). The Balaban J connectivity index is 1.61. The van der Waals surface area contributed by atoms with Crippen LogP contribution >= 0.6 is 35.3 Å². The van der Waals surface area contributed by atoms with Gasteiger partial charge >= 0.3 is 0 Å². The molecule has 1 aliphatic rings. The van der Waals surface area contributed by atoms with E-state index in [1.807, 2.05) is 18.2 Å². The highest BCUT2D eigenvalue weighted by atomic mass is 32.2. The number of nitrogens with zero attached hydrogens (tertiary/aromatic N) is 3. The minimum atomic E-state index is -0.415. The van der Waals surface area contributed by atoms with Crippen LogP contribution in [0.15, 0.2) is 65.8 Å². The van der Waals surface area contributed by atoms with E-state index in [0.717, 1.165) is 15.3 Å². The number of carbonyl (C=O) groups is 1. The summed E-state index contributed by atoms with van der Waals surface area (Å²) in [5.74, 6) is -0.187. The van der Waals surface area contributed by atoms with Crippen molar-refractivity contribution in [3.8, 4) is 10.4 Å². The van der Waals surface area contributed by atoms with Crippen LogP contribution in [-0.2, 0) is 4.79 Å². The van der Waals surface area contributed by atoms with Gasteiger partial charge in [-0.1, -0.05) is 36.1 Å². The molecule has 0 aliphatic carbocycles. The monoisotopic (exact) mass is 425 g/mol. The Labute approximate surface area is 173 Å². The molecule has 0 bridgehead atoms. The number of thiophene rings is 1. The van der Waals surface area contributed by atoms with Crippen LogP contribution in [0.5, 0.6) is 0 Å². The summed E-state index contributed by atoms with van der Waals surface area (Å²) in [6, 6.07) is 13.8. The van der Waals surface area contributed by atoms with E-state index in [1.54, 1.807) is 36.7 Å². The van der Waals surface area contributed by atoms with E-state index in [-0.39, 0.29) is 11.6 Å². The average molecular weight is 426 g/mol. The molecule has 0 unspecified atom stereocenters. The zero-order chi connectivity index (χ0) is 19.7. The van der Waals surface area contributed by atoms with Gasteiger partial charge in [-0.15, -0.1) is 11.3 Å². The molecule has 1 aromatic carbocycles. The summed E-state index contributed by atoms with van der Waals surface area (Å²) < 4.78 is 0.458. The Kier molecular flexibility index (Phi) is 5.03. The standard InChI is InChI=1S/C19H11N3O3S3/c23-18-17(28-19(26)21(18)14-5-2-8-20-11-14)10-15-6-7-16(27-15)12-3-1-4-13(9-12)22(24)25/h1-11H/b17-10-. The second-order valence-corrected chi connectivity index (χ2v) is 8.53. The molecule has 138 valence electrons. The first-order chi connectivity index (χ1) is 13.5. The van der Waals surface area contributed by atoms with Crippen LogP contribution in [0.2, 0.25) is 0 Å². The molecule has 1 fully saturated rings. The summed E-state index contributed by atoms with van der Waals surface area (Å²) in [4.78, 5) is 31.1. The molecule has 6 nitrogen and oxygen atoms in total. The number of thiocarbonyl (C=S) groups is 1. The van der Waals surface area contributed by atoms with E-state index in [2.05, 4.69) is 4.98 Å². The van der Waals surface area contributed by atoms with Crippen molar-refractivity contribution in [2.75, 3.05) is 4.90 Å². The molecule has 0 atom stereocenters. The second-order valence-electron chi connectivity index (χ2n) is 5.74. The third-order valence-corrected chi connectivity index (χ3v) is 6.32. The highest BCUT2D eigenvalue weighted by Crippen LogP contribution is 2.38. The largest absolute Gasteiger partial charge is 0.270 e. The molecule has 28 heavy (non-hydrogen) atoms. The number of hydrogen-bond donors (Lipinski definition) is 0. The van der Waals surface area contributed by atoms with Crippen LogP contribution in [0, 0.1) is 10.1 Å². The Morgan fingerprint density at radius 3 is 2.79 bits per heavy atom. The minimum Gasteiger partial charge on any atom is -0.268 e. The van der Waals surface area contributed by atoms with Gasteiger partial charge in [-0.05, 0) is 35.9 Å². The van der Waals surface area contributed by atoms with Crippen molar-refractivity contribution in [1.29, 1.82) is 0 Å². The van der Waals surface area contributed by atoms with Crippen molar-refractivity contribution < 1.29 is 9.72 Å². The van der Waals surface area contributed by atoms with Crippen LogP contribution in [0.25, 0.3) is 16.5 Å². The second kappa shape index (κ2) is 7.63. The molecule has 0 spiro atoms. The molecule has 3 heterocycles. The van der Waals surface area contributed by atoms with Crippen LogP contribution in [0.3, 0.4) is 0 Å². The summed E-state index contributed by atoms with van der Waals surface area (Å²) in [7, 11) is 0. The number of amides is 1. The van der Waals surface area contributed by atoms with Gasteiger partial charge in [0.25, 0.3) is 11.6 Å². The lowest BCUT2D eigenvalue weighted by atomic mass is 10.2. The number of aromatic nitrogens is 1. The number of benzene rings is 1. The maximum Gasteiger partial charge on any atom is 0.270 e. The lowest BCUT2D eigenvalue weighted by Gasteiger charge is -2.13. The Morgan fingerprint density at radius 2 is 2.04 bits per heavy atom. The van der Waals surface area contributed by atoms with E-state index in [0.29, 0.717) is 14.9 Å². The number of hydrogen-bond acceptors (Lipinski definition) is 7. The Bertz CT molecular complexity index is 1130. The van der Waals surface area contributed by atoms with Gasteiger partial charge in [-0.25, -0.2) is 0 Å². The third kappa shape index (κ3) is 3.59. The fraction of sp³-hybridized carbons (Fsp3) is 0. The fourth-order valence-electron chi connectivity index (χ4n) is 2.66. The number of rotatable bonds is 4. The lowest BCUT2D eigenvalue weighted by molar-refractivity contribution is -0.384. The summed E-state index contributed by atoms with van der Waals surface area (Å²) >= 11 is 8.05. The van der Waals surface area contributed by atoms with Crippen LogP contribution in [-0.4, -0.2) is 20.1 Å². The maximum absolute atomic E-state index is 12.8. The highest BCUT2D eigenvalue weighted by molar-refractivity contribution is 8.27. The zero-order valence-electron chi connectivity index (χ0n) is 14.1. The molecule has 0 radical (unpaired) electrons. The maximum atomic E-state index is 12.8. The first-order valence-electron chi connectivity index (χ1n) is 8.05. The molecular weight excluding hydrogens is 414 g/mol. The molecule has 1 amide bonds. The fourth-order valence-corrected chi connectivity index (χ4v) is 4.98. The number of nitro benzene ring substituents is 1. The number of carbonyl (C=O) groups excluding carboxylic acids is 1. The predicted molar refractivity (Wildman–Crippen MR) is 116 cm³/mol. The summed E-state index contributed by atoms with van der Waals surface area (Å²) in [6.07, 6.45) is 5.03. The molecule has 0 saturated carbocycles. The zero-order valence-corrected chi connectivity index (χ0v) is 16.6. The van der Waals surface area contributed by atoms with Gasteiger partial charge in [-0.3, -0.25) is 24.8 Å². The van der Waals surface area contributed by atoms with Gasteiger partial charge < -0.3 is 0 Å². The van der Waals surface area contributed by atoms with Crippen molar-refractivity contribution in [3.63, 3.8) is 0 Å². The number of thioether (sulfide) groups is 1. The van der Waals surface area contributed by atoms with Crippen molar-refractivity contribution in [2.24, 2.45) is 0 Å². The predicted octanol–water partition coefficient (Wildman–Crippen LogP) is 5.12. The van der Waals surface area contributed by atoms with Gasteiger partial charge in [0.1, 0.15) is 0 Å². The first-order valence-corrected chi connectivity index (χ1v) is 10.1. The smallest absolute Gasteiger partial charge is 0.268 e. The Hall–Kier alpha value is -2.88. The molecule has 1 saturated heterocycles. The normalized spacial score (nSPS) is 15.4. The summed E-state index contributed by atoms with van der Waals surface area (Å²) in [5, 5.41) is 11.0. The van der Waals surface area contributed by atoms with Crippen molar-refractivity contribution in [2.45, 2.75) is 0 Å². The van der Waals surface area contributed by atoms with Crippen LogP contribution in [0.4, 0.5) is 11.4 Å². The molecule has 2 aromatic heterocycles. The van der Waals surface area contributed by atoms with Crippen molar-refractivity contribution in [1.82, 2.24) is 4.98 Å². The highest BCUT2D eigenvalue weighted by Gasteiger charge is 2.33. The lowest BCUT2D eigenvalue weighted by Crippen LogP contribution is -2.27. The average Bonchev–Trinajstić information content (AvgIpc) is 3.27. The molecule has 1 aliphatic heterocycles. The van der Waals surface area contributed by atoms with E-state index in [4.69, 9.17) is 12.2 Å². The van der Waals surface area contributed by atoms with Crippen LogP contribution < -0.4 is 4.90 Å². The number of anilines is 1. The number of pyridine rings is 1. The van der Waals surface area contributed by atoms with Gasteiger partial charge in [0.05, 0.1) is 21.7 Å². The molecular formula is C19H11N3O3S3. The topological polar surface area (TPSA) is 76.3 Å². The van der Waals surface area contributed by atoms with Gasteiger partial charge in [0.15, 0.2) is 4.32 Å². The van der Waals surface area contributed by atoms with E-state index < -0.39 is 4.92 Å². The SMILES string of the molecule is O=C1/C(=C/c2ccc(-c3cccc([N+](=O)[O-])c3)s2)SC(=S)N1c1cccnc1. The van der Waals surface area contributed by atoms with Crippen molar-refractivity contribution >= 4 is 63.0 Å². The van der Waals surface area contributed by atoms with Gasteiger partial charge in [-0.2, -0.15) is 0 Å². The van der Waals surface area contributed by atoms with Gasteiger partial charge in [0, 0.05) is 28.1 Å². The number of non-ortho nitro benzene ring substituents is 1. The molecule has 3 aromatic rings. The van der Waals surface area contributed by atoms with Crippen molar-refractivity contribution in [3.05, 3.63) is 80.8 Å². The van der Waals surface area contributed by atoms with E-state index >= 15 is 0 Å². The third-order valence-electron chi connectivity index (χ3n) is 3.94. The Morgan fingerprint density at radius 1 is 1.18 bits per heavy atom. The quantitative estimate of drug-likeness (QED) is 0.250. The van der Waals surface area contributed by atoms with Gasteiger partial charge in [0.2, 0.25) is 0 Å². The van der Waals surface area contributed by atoms with E-state index in [1.165, 1.54) is 40.1 Å². The molecule has 9 heteroatoms. The van der Waals surface area contributed by atoms with E-state index in [9.17, 15) is 14.9 Å². The summed E-state index contributed by atoms with van der Waals surface area (Å²) in [5.41, 5.74) is 1.45. The minimum absolute atomic E-state index is 0.0461. The summed E-state index contributed by atoms with van der Waals surface area (Å²) in [6.45, 7) is 0. The number of nitro groups is 1. The van der Waals surface area contributed by atoms with Crippen LogP contribution in [0.1, 0.15) is 4.88 Å². The molecule has 0 N–H and O–H groups in total. The first kappa shape index (κ1) is 18.5.